The van der Waals surface area contributed by atoms with Gasteiger partial charge in [0.1, 0.15) is 11.5 Å². The normalized spacial score (nSPS) is 10.2. The lowest BCUT2D eigenvalue weighted by atomic mass is 10.1. The van der Waals surface area contributed by atoms with E-state index in [0.717, 1.165) is 18.2 Å². The highest BCUT2D eigenvalue weighted by Gasteiger charge is 2.18. The molecule has 0 aliphatic carbocycles. The van der Waals surface area contributed by atoms with Crippen molar-refractivity contribution >= 4 is 34.6 Å². The van der Waals surface area contributed by atoms with Gasteiger partial charge in [-0.2, -0.15) is 0 Å². The number of nitro benzene ring substituents is 1. The van der Waals surface area contributed by atoms with Crippen LogP contribution in [0.15, 0.2) is 36.4 Å². The maximum absolute atomic E-state index is 13.2. The molecule has 0 unspecified atom stereocenters. The first-order valence-corrected chi connectivity index (χ1v) is 6.06. The Morgan fingerprint density at radius 2 is 2.00 bits per heavy atom. The zero-order valence-corrected chi connectivity index (χ0v) is 11.2. The summed E-state index contributed by atoms with van der Waals surface area (Å²) < 4.78 is 13.2. The minimum atomic E-state index is -0.766. The number of benzene rings is 2. The van der Waals surface area contributed by atoms with Crippen molar-refractivity contribution in [1.82, 2.24) is 0 Å². The first kappa shape index (κ1) is 14.7. The highest BCUT2D eigenvalue weighted by molar-refractivity contribution is 6.31. The molecule has 8 heteroatoms. The zero-order valence-electron chi connectivity index (χ0n) is 10.5. The summed E-state index contributed by atoms with van der Waals surface area (Å²) in [5.41, 5.74) is 5.09. The van der Waals surface area contributed by atoms with E-state index in [4.69, 9.17) is 17.3 Å². The Bertz CT molecular complexity index is 737. The van der Waals surface area contributed by atoms with Gasteiger partial charge in [-0.1, -0.05) is 11.6 Å². The van der Waals surface area contributed by atoms with Crippen LogP contribution in [0.5, 0.6) is 0 Å². The molecule has 0 saturated heterocycles. The summed E-state index contributed by atoms with van der Waals surface area (Å²) in [6, 6.07) is 7.00. The minimum absolute atomic E-state index is 0.0542. The lowest BCUT2D eigenvalue weighted by molar-refractivity contribution is -0.383. The van der Waals surface area contributed by atoms with E-state index in [0.29, 0.717) is 0 Å². The number of rotatable bonds is 3. The van der Waals surface area contributed by atoms with Gasteiger partial charge in [0.25, 0.3) is 11.6 Å². The molecule has 1 amide bonds. The van der Waals surface area contributed by atoms with Crippen molar-refractivity contribution in [1.29, 1.82) is 0 Å². The van der Waals surface area contributed by atoms with Crippen LogP contribution in [0.1, 0.15) is 10.4 Å². The van der Waals surface area contributed by atoms with E-state index in [-0.39, 0.29) is 27.6 Å². The van der Waals surface area contributed by atoms with Crippen molar-refractivity contribution in [2.75, 3.05) is 11.1 Å². The second-order valence-electron chi connectivity index (χ2n) is 4.10. The predicted molar refractivity (Wildman–Crippen MR) is 76.9 cm³/mol. The third-order valence-electron chi connectivity index (χ3n) is 2.66. The van der Waals surface area contributed by atoms with E-state index in [1.54, 1.807) is 0 Å². The van der Waals surface area contributed by atoms with Crippen LogP contribution in [0, 0.1) is 15.9 Å². The predicted octanol–water partition coefficient (Wildman–Crippen LogP) is 3.22. The third-order valence-corrected chi connectivity index (χ3v) is 2.90. The van der Waals surface area contributed by atoms with Gasteiger partial charge in [0.2, 0.25) is 0 Å². The Hall–Kier alpha value is -2.67. The number of nitrogens with zero attached hydrogens (tertiary/aromatic N) is 1. The standard InChI is InChI=1S/C13H9ClFN3O3/c14-7-1-4-12(18(20)21)11(5-7)17-13(19)9-6-8(15)2-3-10(9)16/h1-6H,16H2,(H,17,19). The summed E-state index contributed by atoms with van der Waals surface area (Å²) in [5.74, 6) is -1.41. The van der Waals surface area contributed by atoms with Gasteiger partial charge in [-0.25, -0.2) is 4.39 Å². The van der Waals surface area contributed by atoms with Gasteiger partial charge in [-0.15, -0.1) is 0 Å². The summed E-state index contributed by atoms with van der Waals surface area (Å²) in [4.78, 5) is 22.3. The average Bonchev–Trinajstić information content (AvgIpc) is 2.41. The first-order valence-electron chi connectivity index (χ1n) is 5.69. The van der Waals surface area contributed by atoms with Crippen LogP contribution in [-0.4, -0.2) is 10.8 Å². The maximum atomic E-state index is 13.2. The van der Waals surface area contributed by atoms with Gasteiger partial charge in [0.15, 0.2) is 0 Å². The molecule has 0 spiro atoms. The van der Waals surface area contributed by atoms with E-state index in [1.165, 1.54) is 18.2 Å². The number of amides is 1. The molecule has 6 nitrogen and oxygen atoms in total. The molecule has 108 valence electrons. The molecule has 21 heavy (non-hydrogen) atoms. The van der Waals surface area contributed by atoms with Gasteiger partial charge in [0.05, 0.1) is 10.5 Å². The second kappa shape index (κ2) is 5.76. The summed E-state index contributed by atoms with van der Waals surface area (Å²) >= 11 is 5.75. The van der Waals surface area contributed by atoms with Gasteiger partial charge < -0.3 is 11.1 Å². The summed E-state index contributed by atoms with van der Waals surface area (Å²) in [6.45, 7) is 0. The Labute approximate surface area is 123 Å². The maximum Gasteiger partial charge on any atom is 0.292 e. The van der Waals surface area contributed by atoms with Crippen LogP contribution in [0.25, 0.3) is 0 Å². The smallest absolute Gasteiger partial charge is 0.292 e. The summed E-state index contributed by atoms with van der Waals surface area (Å²) in [7, 11) is 0. The summed E-state index contributed by atoms with van der Waals surface area (Å²) in [5, 5.41) is 13.4. The fourth-order valence-corrected chi connectivity index (χ4v) is 1.85. The van der Waals surface area contributed by atoms with Crippen molar-refractivity contribution < 1.29 is 14.1 Å². The van der Waals surface area contributed by atoms with Gasteiger partial charge in [-0.3, -0.25) is 14.9 Å². The Morgan fingerprint density at radius 1 is 1.29 bits per heavy atom. The number of nitrogens with two attached hydrogens (primary N) is 1. The van der Waals surface area contributed by atoms with Crippen LogP contribution in [0.4, 0.5) is 21.5 Å². The molecule has 0 radical (unpaired) electrons. The SMILES string of the molecule is Nc1ccc(F)cc1C(=O)Nc1cc(Cl)ccc1[N+](=O)[O-]. The number of carbonyl (C=O) groups excluding carboxylic acids is 1. The van der Waals surface area contributed by atoms with E-state index in [1.807, 2.05) is 0 Å². The van der Waals surface area contributed by atoms with Crippen molar-refractivity contribution in [3.8, 4) is 0 Å². The second-order valence-corrected chi connectivity index (χ2v) is 4.54. The molecule has 0 bridgehead atoms. The quantitative estimate of drug-likeness (QED) is 0.516. The van der Waals surface area contributed by atoms with Crippen LogP contribution < -0.4 is 11.1 Å². The number of hydrogen-bond donors (Lipinski definition) is 2. The van der Waals surface area contributed by atoms with Crippen molar-refractivity contribution in [3.05, 3.63) is 62.9 Å². The van der Waals surface area contributed by atoms with E-state index in [2.05, 4.69) is 5.32 Å². The van der Waals surface area contributed by atoms with Crippen molar-refractivity contribution in [2.45, 2.75) is 0 Å². The van der Waals surface area contributed by atoms with Gasteiger partial charge >= 0.3 is 0 Å². The Morgan fingerprint density at radius 3 is 2.67 bits per heavy atom. The molecule has 0 fully saturated rings. The van der Waals surface area contributed by atoms with Crippen LogP contribution >= 0.6 is 11.6 Å². The molecular weight excluding hydrogens is 301 g/mol. The van der Waals surface area contributed by atoms with E-state index in [9.17, 15) is 19.3 Å². The number of nitrogens with one attached hydrogen (secondary N) is 1. The number of halogens is 2. The molecule has 0 aliphatic rings. The van der Waals surface area contributed by atoms with Crippen LogP contribution in [-0.2, 0) is 0 Å². The minimum Gasteiger partial charge on any atom is -0.398 e. The Kier molecular flexibility index (Phi) is 4.04. The van der Waals surface area contributed by atoms with E-state index < -0.39 is 16.6 Å². The molecule has 0 aliphatic heterocycles. The number of hydrogen-bond acceptors (Lipinski definition) is 4. The molecule has 0 atom stereocenters. The number of anilines is 2. The molecule has 0 aromatic heterocycles. The number of nitro groups is 1. The lowest BCUT2D eigenvalue weighted by Gasteiger charge is -2.08. The lowest BCUT2D eigenvalue weighted by Crippen LogP contribution is -2.15. The molecule has 0 heterocycles. The number of nitrogen functional groups attached to an aromatic ring is 1. The van der Waals surface area contributed by atoms with Crippen molar-refractivity contribution in [2.24, 2.45) is 0 Å². The van der Waals surface area contributed by atoms with E-state index >= 15 is 0 Å². The fraction of sp³-hybridized carbons (Fsp3) is 0. The van der Waals surface area contributed by atoms with Gasteiger partial charge in [0, 0.05) is 16.8 Å². The highest BCUT2D eigenvalue weighted by atomic mass is 35.5. The fourth-order valence-electron chi connectivity index (χ4n) is 1.68. The summed E-state index contributed by atoms with van der Waals surface area (Å²) in [6.07, 6.45) is 0. The molecule has 2 aromatic carbocycles. The molecule has 2 aromatic rings. The largest absolute Gasteiger partial charge is 0.398 e. The third kappa shape index (κ3) is 3.26. The molecular formula is C13H9ClFN3O3. The first-order chi connectivity index (χ1) is 9.88. The van der Waals surface area contributed by atoms with Crippen LogP contribution in [0.2, 0.25) is 5.02 Å². The topological polar surface area (TPSA) is 98.3 Å². The molecule has 3 N–H and O–H groups in total. The van der Waals surface area contributed by atoms with Crippen molar-refractivity contribution in [3.63, 3.8) is 0 Å². The molecule has 0 saturated carbocycles. The monoisotopic (exact) mass is 309 g/mol. The zero-order chi connectivity index (χ0) is 15.6. The van der Waals surface area contributed by atoms with Crippen LogP contribution in [0.3, 0.4) is 0 Å². The molecule has 2 rings (SSSR count). The van der Waals surface area contributed by atoms with Gasteiger partial charge in [-0.05, 0) is 30.3 Å². The average molecular weight is 310 g/mol. The highest BCUT2D eigenvalue weighted by Crippen LogP contribution is 2.28. The number of carbonyl (C=O) groups is 1. The Balaban J connectivity index is 2.38.